The van der Waals surface area contributed by atoms with Crippen LogP contribution in [0.15, 0.2) is 54.6 Å². The Kier molecular flexibility index (Phi) is 8.50. The van der Waals surface area contributed by atoms with Gasteiger partial charge in [-0.15, -0.1) is 0 Å². The molecule has 3 aromatic rings. The summed E-state index contributed by atoms with van der Waals surface area (Å²) < 4.78 is 90.1. The minimum Gasteiger partial charge on any atom is -0.433 e. The smallest absolute Gasteiger partial charge is 0.397 e. The van der Waals surface area contributed by atoms with E-state index < -0.39 is 34.9 Å². The second-order valence-electron chi connectivity index (χ2n) is 9.92. The van der Waals surface area contributed by atoms with Crippen molar-refractivity contribution >= 4 is 0 Å². The van der Waals surface area contributed by atoms with Gasteiger partial charge in [0.2, 0.25) is 0 Å². The van der Waals surface area contributed by atoms with Crippen LogP contribution in [0.3, 0.4) is 0 Å². The first kappa shape index (κ1) is 27.1. The first-order valence-electron chi connectivity index (χ1n) is 12.8. The van der Waals surface area contributed by atoms with E-state index in [9.17, 15) is 26.3 Å². The van der Waals surface area contributed by atoms with Crippen LogP contribution in [0, 0.1) is 35.1 Å². The molecule has 0 radical (unpaired) electrons. The molecule has 1 fully saturated rings. The normalized spacial score (nSPS) is 18.1. The van der Waals surface area contributed by atoms with Crippen LogP contribution in [0.5, 0.6) is 5.75 Å². The molecule has 0 aliphatic heterocycles. The van der Waals surface area contributed by atoms with E-state index in [4.69, 9.17) is 4.74 Å². The Morgan fingerprint density at radius 1 is 0.676 bits per heavy atom. The highest BCUT2D eigenvalue weighted by Crippen LogP contribution is 2.37. The fourth-order valence-corrected chi connectivity index (χ4v) is 5.20. The summed E-state index contributed by atoms with van der Waals surface area (Å²) in [4.78, 5) is 0. The summed E-state index contributed by atoms with van der Waals surface area (Å²) in [5.74, 6) is -3.28. The Morgan fingerprint density at radius 3 is 1.78 bits per heavy atom. The minimum atomic E-state index is -3.31. The molecule has 0 saturated heterocycles. The standard InChI is InChI=1S/C30H30F6O/c1-2-3-19-4-6-20(7-5-19)14-15-30(35,36)37-24-11-8-21(9-12-24)23-17-27(33)29(28(34)18-23)22-10-13-25(31)26(32)16-22/h8-13,16-20H,2-7,14-15H2,1H3. The number of halogens is 6. The number of alkyl halides is 2. The number of benzene rings is 3. The number of rotatable bonds is 9. The van der Waals surface area contributed by atoms with Crippen LogP contribution in [-0.4, -0.2) is 6.11 Å². The van der Waals surface area contributed by atoms with E-state index in [2.05, 4.69) is 6.92 Å². The van der Waals surface area contributed by atoms with E-state index in [1.807, 2.05) is 0 Å². The van der Waals surface area contributed by atoms with E-state index in [0.717, 1.165) is 68.4 Å². The molecule has 1 aliphatic carbocycles. The van der Waals surface area contributed by atoms with Crippen molar-refractivity contribution in [2.45, 2.75) is 64.4 Å². The third kappa shape index (κ3) is 6.88. The average molecular weight is 521 g/mol. The summed E-state index contributed by atoms with van der Waals surface area (Å²) in [5, 5.41) is 0. The quantitative estimate of drug-likeness (QED) is 0.255. The topological polar surface area (TPSA) is 9.23 Å². The van der Waals surface area contributed by atoms with Gasteiger partial charge in [0.25, 0.3) is 0 Å². The fraction of sp³-hybridized carbons (Fsp3) is 0.400. The summed E-state index contributed by atoms with van der Waals surface area (Å²) in [6.45, 7) is 2.17. The molecule has 0 amide bonds. The van der Waals surface area contributed by atoms with E-state index >= 15 is 0 Å². The molecule has 3 aromatic carbocycles. The highest BCUT2D eigenvalue weighted by Gasteiger charge is 2.33. The van der Waals surface area contributed by atoms with Gasteiger partial charge in [-0.1, -0.05) is 63.6 Å². The van der Waals surface area contributed by atoms with Gasteiger partial charge in [0.15, 0.2) is 11.6 Å². The van der Waals surface area contributed by atoms with Crippen molar-refractivity contribution < 1.29 is 31.1 Å². The van der Waals surface area contributed by atoms with Crippen LogP contribution in [-0.2, 0) is 0 Å². The van der Waals surface area contributed by atoms with E-state index in [1.165, 1.54) is 30.7 Å². The Balaban J connectivity index is 1.39. The molecule has 0 heterocycles. The summed E-state index contributed by atoms with van der Waals surface area (Å²) in [6.07, 6.45) is 3.28. The van der Waals surface area contributed by atoms with Crippen molar-refractivity contribution in [2.75, 3.05) is 0 Å². The van der Waals surface area contributed by atoms with Crippen LogP contribution < -0.4 is 4.74 Å². The monoisotopic (exact) mass is 520 g/mol. The SMILES string of the molecule is CCCC1CCC(CCC(F)(F)Oc2ccc(-c3cc(F)c(-c4ccc(F)c(F)c4)c(F)c3)cc2)CC1. The molecular formula is C30H30F6O. The van der Waals surface area contributed by atoms with Crippen LogP contribution in [0.4, 0.5) is 26.3 Å². The molecular weight excluding hydrogens is 490 g/mol. The summed E-state index contributed by atoms with van der Waals surface area (Å²) in [5.41, 5.74) is -0.0750. The van der Waals surface area contributed by atoms with Gasteiger partial charge in [-0.2, -0.15) is 8.78 Å². The second-order valence-corrected chi connectivity index (χ2v) is 9.92. The third-order valence-electron chi connectivity index (χ3n) is 7.21. The van der Waals surface area contributed by atoms with Crippen molar-refractivity contribution in [3.8, 4) is 28.0 Å². The predicted octanol–water partition coefficient (Wildman–Crippen LogP) is 9.94. The maximum Gasteiger partial charge on any atom is 0.397 e. The summed E-state index contributed by atoms with van der Waals surface area (Å²) in [7, 11) is 0. The molecule has 1 aliphatic rings. The molecule has 0 bridgehead atoms. The third-order valence-corrected chi connectivity index (χ3v) is 7.21. The van der Waals surface area contributed by atoms with Crippen molar-refractivity contribution in [3.05, 3.63) is 77.9 Å². The van der Waals surface area contributed by atoms with Gasteiger partial charge in [0.1, 0.15) is 17.4 Å². The molecule has 0 atom stereocenters. The Hall–Kier alpha value is -2.96. The number of hydrogen-bond acceptors (Lipinski definition) is 1. The van der Waals surface area contributed by atoms with Crippen molar-refractivity contribution in [1.29, 1.82) is 0 Å². The molecule has 0 aromatic heterocycles. The fourth-order valence-electron chi connectivity index (χ4n) is 5.20. The molecule has 37 heavy (non-hydrogen) atoms. The summed E-state index contributed by atoms with van der Waals surface area (Å²) >= 11 is 0. The first-order chi connectivity index (χ1) is 17.6. The highest BCUT2D eigenvalue weighted by molar-refractivity contribution is 5.72. The maximum atomic E-state index is 14.7. The van der Waals surface area contributed by atoms with Gasteiger partial charge in [0.05, 0.1) is 12.0 Å². The van der Waals surface area contributed by atoms with Crippen LogP contribution in [0.1, 0.15) is 58.3 Å². The predicted molar refractivity (Wildman–Crippen MR) is 132 cm³/mol. The zero-order chi connectivity index (χ0) is 26.6. The number of ether oxygens (including phenoxy) is 1. The lowest BCUT2D eigenvalue weighted by atomic mass is 9.78. The largest absolute Gasteiger partial charge is 0.433 e. The van der Waals surface area contributed by atoms with Crippen LogP contribution in [0.2, 0.25) is 0 Å². The molecule has 0 spiro atoms. The molecule has 198 valence electrons. The molecule has 0 N–H and O–H groups in total. The van der Waals surface area contributed by atoms with Crippen molar-refractivity contribution in [3.63, 3.8) is 0 Å². The van der Waals surface area contributed by atoms with Crippen LogP contribution >= 0.6 is 0 Å². The van der Waals surface area contributed by atoms with Gasteiger partial charge in [-0.3, -0.25) is 0 Å². The molecule has 1 saturated carbocycles. The maximum absolute atomic E-state index is 14.7. The van der Waals surface area contributed by atoms with E-state index in [1.54, 1.807) is 0 Å². The average Bonchev–Trinajstić information content (AvgIpc) is 2.86. The van der Waals surface area contributed by atoms with E-state index in [-0.39, 0.29) is 23.3 Å². The lowest BCUT2D eigenvalue weighted by molar-refractivity contribution is -0.183. The van der Waals surface area contributed by atoms with E-state index in [0.29, 0.717) is 17.9 Å². The molecule has 1 nitrogen and oxygen atoms in total. The van der Waals surface area contributed by atoms with Gasteiger partial charge < -0.3 is 4.74 Å². The summed E-state index contributed by atoms with van der Waals surface area (Å²) in [6, 6.07) is 10.3. The minimum absolute atomic E-state index is 0.0419. The Bertz CT molecular complexity index is 1180. The molecule has 0 unspecified atom stereocenters. The van der Waals surface area contributed by atoms with Crippen LogP contribution in [0.25, 0.3) is 22.3 Å². The first-order valence-corrected chi connectivity index (χ1v) is 12.8. The Morgan fingerprint density at radius 2 is 1.22 bits per heavy atom. The lowest BCUT2D eigenvalue weighted by Gasteiger charge is -2.29. The van der Waals surface area contributed by atoms with Gasteiger partial charge in [-0.05, 0) is 71.3 Å². The highest BCUT2D eigenvalue weighted by atomic mass is 19.3. The lowest BCUT2D eigenvalue weighted by Crippen LogP contribution is -2.26. The number of hydrogen-bond donors (Lipinski definition) is 0. The van der Waals surface area contributed by atoms with Gasteiger partial charge in [0, 0.05) is 0 Å². The van der Waals surface area contributed by atoms with Crippen molar-refractivity contribution in [1.82, 2.24) is 0 Å². The Labute approximate surface area is 213 Å². The van der Waals surface area contributed by atoms with Crippen molar-refractivity contribution in [2.24, 2.45) is 11.8 Å². The van der Waals surface area contributed by atoms with Gasteiger partial charge in [-0.25, -0.2) is 17.6 Å². The van der Waals surface area contributed by atoms with Gasteiger partial charge >= 0.3 is 6.11 Å². The second kappa shape index (κ2) is 11.6. The molecule has 4 rings (SSSR count). The zero-order valence-electron chi connectivity index (χ0n) is 20.7. The zero-order valence-corrected chi connectivity index (χ0v) is 20.7. The molecule has 7 heteroatoms.